The topological polar surface area (TPSA) is 203 Å². The Bertz CT molecular complexity index is 1640. The molecule has 1 unspecified atom stereocenters. The van der Waals surface area contributed by atoms with E-state index in [1.54, 1.807) is 36.7 Å². The van der Waals surface area contributed by atoms with Gasteiger partial charge in [-0.05, 0) is 48.5 Å². The van der Waals surface area contributed by atoms with Gasteiger partial charge in [0.05, 0.1) is 17.3 Å². The van der Waals surface area contributed by atoms with Gasteiger partial charge in [0.25, 0.3) is 0 Å². The van der Waals surface area contributed by atoms with Crippen molar-refractivity contribution in [2.24, 2.45) is 5.14 Å². The average molecular weight is 553 g/mol. The average Bonchev–Trinajstić information content (AvgIpc) is 3.20. The van der Waals surface area contributed by atoms with E-state index in [0.717, 1.165) is 10.6 Å². The van der Waals surface area contributed by atoms with Crippen molar-refractivity contribution in [3.63, 3.8) is 0 Å². The van der Waals surface area contributed by atoms with E-state index in [0.29, 0.717) is 22.4 Å². The Balaban J connectivity index is 1.56. The van der Waals surface area contributed by atoms with Crippen molar-refractivity contribution in [3.8, 4) is 11.4 Å². The van der Waals surface area contributed by atoms with E-state index in [1.807, 2.05) is 0 Å². The summed E-state index contributed by atoms with van der Waals surface area (Å²) in [4.78, 5) is 8.70. The van der Waals surface area contributed by atoms with E-state index in [1.165, 1.54) is 28.9 Å². The molecule has 0 radical (unpaired) electrons. The molecule has 190 valence electrons. The third-order valence-electron chi connectivity index (χ3n) is 4.55. The van der Waals surface area contributed by atoms with E-state index in [9.17, 15) is 25.6 Å². The summed E-state index contributed by atoms with van der Waals surface area (Å²) in [5.74, 6) is -0.435. The molecule has 2 aromatic carbocycles. The molecule has 1 atom stereocenters. The standard InChI is InChI=1S/C19H19N7O7S3/c1-35(29,30)12-25(34(27)28)15-4-2-14(3-5-15)23-19-21-10-13-11-22-26(18(13)24-19)16-6-8-17(9-7-16)33-36(20,31)32/h2-11H,12H2,1H3,(H,27,28)(H2,20,31,32)(H,21,23,24)/p-1. The summed E-state index contributed by atoms with van der Waals surface area (Å²) in [5, 5.41) is 12.8. The summed E-state index contributed by atoms with van der Waals surface area (Å²) < 4.78 is 75.0. The zero-order valence-electron chi connectivity index (χ0n) is 18.4. The molecule has 0 aliphatic rings. The normalized spacial score (nSPS) is 12.9. The fourth-order valence-corrected chi connectivity index (χ4v) is 5.27. The summed E-state index contributed by atoms with van der Waals surface area (Å²) in [6.45, 7) is 0. The molecule has 0 aliphatic carbocycles. The third-order valence-corrected chi connectivity index (χ3v) is 6.56. The van der Waals surface area contributed by atoms with E-state index in [4.69, 9.17) is 5.14 Å². The number of rotatable bonds is 9. The van der Waals surface area contributed by atoms with Gasteiger partial charge in [-0.15, -0.1) is 0 Å². The highest BCUT2D eigenvalue weighted by Gasteiger charge is 2.15. The number of hydrogen-bond acceptors (Lipinski definition) is 11. The largest absolute Gasteiger partial charge is 0.755 e. The summed E-state index contributed by atoms with van der Waals surface area (Å²) in [7, 11) is -7.72. The maximum atomic E-state index is 11.5. The number of anilines is 3. The second-order valence-electron chi connectivity index (χ2n) is 7.42. The van der Waals surface area contributed by atoms with Gasteiger partial charge < -0.3 is 14.1 Å². The monoisotopic (exact) mass is 552 g/mol. The second-order valence-corrected chi connectivity index (χ2v) is 11.6. The summed E-state index contributed by atoms with van der Waals surface area (Å²) >= 11 is -2.78. The van der Waals surface area contributed by atoms with Crippen molar-refractivity contribution < 1.29 is 29.8 Å². The zero-order valence-corrected chi connectivity index (χ0v) is 20.8. The van der Waals surface area contributed by atoms with Gasteiger partial charge in [-0.25, -0.2) is 18.1 Å². The number of sulfone groups is 1. The van der Waals surface area contributed by atoms with E-state index in [-0.39, 0.29) is 17.4 Å². The van der Waals surface area contributed by atoms with Crippen LogP contribution in [0.3, 0.4) is 0 Å². The van der Waals surface area contributed by atoms with Crippen LogP contribution in [-0.2, 0) is 31.4 Å². The molecule has 14 nitrogen and oxygen atoms in total. The zero-order chi connectivity index (χ0) is 26.1. The fourth-order valence-electron chi connectivity index (χ4n) is 3.10. The van der Waals surface area contributed by atoms with Crippen LogP contribution >= 0.6 is 0 Å². The molecule has 17 heteroatoms. The van der Waals surface area contributed by atoms with Crippen LogP contribution in [0.25, 0.3) is 16.7 Å². The molecule has 2 aromatic heterocycles. The molecule has 36 heavy (non-hydrogen) atoms. The molecule has 2 heterocycles. The first-order valence-corrected chi connectivity index (χ1v) is 14.4. The van der Waals surface area contributed by atoms with Crippen LogP contribution < -0.4 is 18.9 Å². The molecule has 0 spiro atoms. The maximum absolute atomic E-state index is 11.5. The minimum atomic E-state index is -4.15. The summed E-state index contributed by atoms with van der Waals surface area (Å²) in [6, 6.07) is 12.0. The Hall–Kier alpha value is -3.64. The molecule has 3 N–H and O–H groups in total. The molecule has 4 aromatic rings. The van der Waals surface area contributed by atoms with Crippen LogP contribution in [-0.4, -0.2) is 57.5 Å². The number of nitrogens with two attached hydrogens (primary N) is 1. The van der Waals surface area contributed by atoms with Gasteiger partial charge in [-0.3, -0.25) is 8.51 Å². The van der Waals surface area contributed by atoms with Crippen LogP contribution in [0, 0.1) is 0 Å². The molecule has 4 rings (SSSR count). The van der Waals surface area contributed by atoms with Gasteiger partial charge in [0.1, 0.15) is 11.6 Å². The molecular formula is C19H18N7O7S3-. The van der Waals surface area contributed by atoms with Gasteiger partial charge >= 0.3 is 10.3 Å². The van der Waals surface area contributed by atoms with Gasteiger partial charge in [-0.2, -0.15) is 23.6 Å². The van der Waals surface area contributed by atoms with Crippen LogP contribution in [0.15, 0.2) is 60.9 Å². The first-order valence-electron chi connectivity index (χ1n) is 9.83. The number of fused-ring (bicyclic) bond motifs is 1. The molecule has 0 fully saturated rings. The highest BCUT2D eigenvalue weighted by atomic mass is 32.2. The number of hydrogen-bond donors (Lipinski definition) is 2. The predicted octanol–water partition coefficient (Wildman–Crippen LogP) is 0.744. The Morgan fingerprint density at radius 3 is 2.33 bits per heavy atom. The lowest BCUT2D eigenvalue weighted by Gasteiger charge is -2.25. The van der Waals surface area contributed by atoms with Crippen LogP contribution in [0.4, 0.5) is 17.3 Å². The quantitative estimate of drug-likeness (QED) is 0.277. The molecule has 0 saturated carbocycles. The third kappa shape index (κ3) is 6.32. The first-order chi connectivity index (χ1) is 16.9. The van der Waals surface area contributed by atoms with Gasteiger partial charge in [0.15, 0.2) is 15.5 Å². The second kappa shape index (κ2) is 9.78. The minimum absolute atomic E-state index is 0.0362. The first kappa shape index (κ1) is 25.5. The lowest BCUT2D eigenvalue weighted by Crippen LogP contribution is -2.30. The van der Waals surface area contributed by atoms with Crippen LogP contribution in [0.2, 0.25) is 0 Å². The molecule has 0 aliphatic heterocycles. The number of nitrogens with one attached hydrogen (secondary N) is 1. The van der Waals surface area contributed by atoms with E-state index < -0.39 is 37.3 Å². The Morgan fingerprint density at radius 2 is 1.75 bits per heavy atom. The summed E-state index contributed by atoms with van der Waals surface area (Å²) in [5.41, 5.74) is 1.70. The van der Waals surface area contributed by atoms with Crippen molar-refractivity contribution in [1.29, 1.82) is 0 Å². The summed E-state index contributed by atoms with van der Waals surface area (Å²) in [6.07, 6.45) is 4.05. The number of aromatic nitrogens is 4. The Labute approximate surface area is 208 Å². The molecule has 0 saturated heterocycles. The minimum Gasteiger partial charge on any atom is -0.755 e. The lowest BCUT2D eigenvalue weighted by atomic mass is 10.3. The number of benzene rings is 2. The van der Waals surface area contributed by atoms with Gasteiger partial charge in [-0.1, -0.05) is 0 Å². The van der Waals surface area contributed by atoms with E-state index >= 15 is 0 Å². The van der Waals surface area contributed by atoms with Crippen molar-refractivity contribution in [2.45, 2.75) is 0 Å². The fraction of sp³-hybridized carbons (Fsp3) is 0.105. The van der Waals surface area contributed by atoms with Gasteiger partial charge in [0, 0.05) is 35.1 Å². The molecular weight excluding hydrogens is 534 g/mol. The highest BCUT2D eigenvalue weighted by molar-refractivity contribution is 7.92. The van der Waals surface area contributed by atoms with Crippen LogP contribution in [0.1, 0.15) is 0 Å². The predicted molar refractivity (Wildman–Crippen MR) is 131 cm³/mol. The maximum Gasteiger partial charge on any atom is 0.380 e. The number of nitrogens with zero attached hydrogens (tertiary/aromatic N) is 5. The van der Waals surface area contributed by atoms with Crippen molar-refractivity contribution in [2.75, 3.05) is 21.8 Å². The smallest absolute Gasteiger partial charge is 0.380 e. The SMILES string of the molecule is CS(=O)(=O)CN(c1ccc(Nc2ncc3cnn(-c4ccc(OS(N)(=O)=O)cc4)c3n2)cc1)S(=O)[O-]. The Kier molecular flexibility index (Phi) is 6.92. The van der Waals surface area contributed by atoms with Crippen molar-refractivity contribution in [1.82, 2.24) is 19.7 Å². The van der Waals surface area contributed by atoms with E-state index in [2.05, 4.69) is 24.6 Å². The molecule has 0 amide bonds. The Morgan fingerprint density at radius 1 is 1.08 bits per heavy atom. The van der Waals surface area contributed by atoms with Gasteiger partial charge in [0.2, 0.25) is 5.95 Å². The lowest BCUT2D eigenvalue weighted by molar-refractivity contribution is 0.487. The molecule has 0 bridgehead atoms. The van der Waals surface area contributed by atoms with Crippen molar-refractivity contribution >= 4 is 59.8 Å². The van der Waals surface area contributed by atoms with Crippen molar-refractivity contribution in [3.05, 3.63) is 60.9 Å². The highest BCUT2D eigenvalue weighted by Crippen LogP contribution is 2.24. The van der Waals surface area contributed by atoms with Crippen LogP contribution in [0.5, 0.6) is 5.75 Å².